The zero-order chi connectivity index (χ0) is 12.1. The Morgan fingerprint density at radius 2 is 2.24 bits per heavy atom. The summed E-state index contributed by atoms with van der Waals surface area (Å²) >= 11 is 0. The molecule has 5 heteroatoms. The Labute approximate surface area is 101 Å². The highest BCUT2D eigenvalue weighted by molar-refractivity contribution is 5.67. The van der Waals surface area contributed by atoms with Crippen molar-refractivity contribution in [3.63, 3.8) is 0 Å². The number of benzene rings is 1. The third kappa shape index (κ3) is 3.10. The summed E-state index contributed by atoms with van der Waals surface area (Å²) in [4.78, 5) is 13.3. The Bertz CT molecular complexity index is 369. The van der Waals surface area contributed by atoms with E-state index in [0.717, 1.165) is 12.2 Å². The molecule has 1 aromatic carbocycles. The van der Waals surface area contributed by atoms with Crippen molar-refractivity contribution in [3.05, 3.63) is 30.3 Å². The molecule has 91 valence electrons. The van der Waals surface area contributed by atoms with Crippen LogP contribution in [0.1, 0.15) is 0 Å². The molecule has 1 heterocycles. The number of nitrogens with one attached hydrogen (secondary N) is 1. The molecule has 0 unspecified atom stereocenters. The molecule has 1 aliphatic rings. The minimum absolute atomic E-state index is 0.385. The quantitative estimate of drug-likeness (QED) is 0.823. The molecule has 0 saturated carbocycles. The summed E-state index contributed by atoms with van der Waals surface area (Å²) in [6, 6.07) is 10.1. The molecule has 1 fully saturated rings. The largest absolute Gasteiger partial charge is 0.427 e. The molecule has 1 amide bonds. The second-order valence-corrected chi connectivity index (χ2v) is 3.80. The standard InChI is InChI=1S/C12H16N3O2/c1-13-12(16)17-11-9-15(8-7-14-11)10-5-3-2-4-6-10/h2-6,11H,7-9H2,1H3,(H,13,16)/t11-/m0/s1. The van der Waals surface area contributed by atoms with Crippen LogP contribution < -0.4 is 15.5 Å². The fraction of sp³-hybridized carbons (Fsp3) is 0.417. The topological polar surface area (TPSA) is 55.7 Å². The predicted octanol–water partition coefficient (Wildman–Crippen LogP) is 0.793. The van der Waals surface area contributed by atoms with E-state index in [1.165, 1.54) is 0 Å². The van der Waals surface area contributed by atoms with Crippen LogP contribution >= 0.6 is 0 Å². The molecular weight excluding hydrogens is 218 g/mol. The molecule has 1 N–H and O–H groups in total. The number of carbonyl (C=O) groups is 1. The first-order chi connectivity index (χ1) is 8.29. The molecule has 1 saturated heterocycles. The summed E-state index contributed by atoms with van der Waals surface area (Å²) in [7, 11) is 1.54. The molecule has 0 aliphatic carbocycles. The van der Waals surface area contributed by atoms with Crippen LogP contribution in [0.5, 0.6) is 0 Å². The third-order valence-corrected chi connectivity index (χ3v) is 2.65. The van der Waals surface area contributed by atoms with Crippen molar-refractivity contribution in [1.82, 2.24) is 10.6 Å². The van der Waals surface area contributed by atoms with Crippen molar-refractivity contribution in [1.29, 1.82) is 0 Å². The number of anilines is 1. The van der Waals surface area contributed by atoms with E-state index in [4.69, 9.17) is 4.74 Å². The van der Waals surface area contributed by atoms with E-state index < -0.39 is 6.09 Å². The van der Waals surface area contributed by atoms with E-state index in [2.05, 4.69) is 15.5 Å². The Kier molecular flexibility index (Phi) is 3.82. The fourth-order valence-electron chi connectivity index (χ4n) is 1.79. The van der Waals surface area contributed by atoms with Gasteiger partial charge in [0.2, 0.25) is 0 Å². The van der Waals surface area contributed by atoms with Crippen LogP contribution in [0.3, 0.4) is 0 Å². The van der Waals surface area contributed by atoms with Crippen LogP contribution in [0.4, 0.5) is 10.5 Å². The number of carbonyl (C=O) groups excluding carboxylic acids is 1. The molecule has 17 heavy (non-hydrogen) atoms. The van der Waals surface area contributed by atoms with Gasteiger partial charge in [-0.15, -0.1) is 0 Å². The van der Waals surface area contributed by atoms with Crippen molar-refractivity contribution in [3.8, 4) is 0 Å². The Morgan fingerprint density at radius 3 is 2.94 bits per heavy atom. The summed E-state index contributed by atoms with van der Waals surface area (Å²) in [5.74, 6) is 0. The van der Waals surface area contributed by atoms with Crippen LogP contribution in [-0.2, 0) is 4.74 Å². The average molecular weight is 234 g/mol. The van der Waals surface area contributed by atoms with Crippen molar-refractivity contribution < 1.29 is 9.53 Å². The van der Waals surface area contributed by atoms with E-state index >= 15 is 0 Å². The number of hydrogen-bond donors (Lipinski definition) is 1. The number of amides is 1. The molecule has 0 spiro atoms. The van der Waals surface area contributed by atoms with Crippen molar-refractivity contribution in [2.24, 2.45) is 0 Å². The molecule has 5 nitrogen and oxygen atoms in total. The van der Waals surface area contributed by atoms with Gasteiger partial charge in [0, 0.05) is 25.8 Å². The molecular formula is C12H16N3O2. The van der Waals surface area contributed by atoms with Gasteiger partial charge in [0.15, 0.2) is 6.23 Å². The van der Waals surface area contributed by atoms with E-state index in [9.17, 15) is 4.79 Å². The number of alkyl carbamates (subject to hydrolysis) is 1. The minimum atomic E-state index is -0.436. The lowest BCUT2D eigenvalue weighted by atomic mass is 10.2. The van der Waals surface area contributed by atoms with Gasteiger partial charge < -0.3 is 15.0 Å². The highest BCUT2D eigenvalue weighted by Crippen LogP contribution is 2.15. The summed E-state index contributed by atoms with van der Waals surface area (Å²) in [5.41, 5.74) is 1.13. The van der Waals surface area contributed by atoms with Crippen LogP contribution in [0.2, 0.25) is 0 Å². The fourth-order valence-corrected chi connectivity index (χ4v) is 1.79. The molecule has 0 bridgehead atoms. The van der Waals surface area contributed by atoms with Gasteiger partial charge in [-0.1, -0.05) is 18.2 Å². The van der Waals surface area contributed by atoms with E-state index in [1.807, 2.05) is 30.3 Å². The summed E-state index contributed by atoms with van der Waals surface area (Å²) < 4.78 is 5.13. The second kappa shape index (κ2) is 5.54. The van der Waals surface area contributed by atoms with Crippen molar-refractivity contribution in [2.45, 2.75) is 6.23 Å². The average Bonchev–Trinajstić information content (AvgIpc) is 2.40. The summed E-state index contributed by atoms with van der Waals surface area (Å²) in [6.45, 7) is 2.14. The number of piperazine rings is 1. The number of ether oxygens (including phenoxy) is 1. The van der Waals surface area contributed by atoms with Crippen LogP contribution in [-0.4, -0.2) is 39.0 Å². The smallest absolute Gasteiger partial charge is 0.408 e. The number of para-hydroxylation sites is 1. The van der Waals surface area contributed by atoms with Crippen molar-refractivity contribution in [2.75, 3.05) is 31.6 Å². The first-order valence-electron chi connectivity index (χ1n) is 5.64. The molecule has 1 atom stereocenters. The Morgan fingerprint density at radius 1 is 1.47 bits per heavy atom. The van der Waals surface area contributed by atoms with Gasteiger partial charge in [-0.25, -0.2) is 4.79 Å². The first-order valence-corrected chi connectivity index (χ1v) is 5.64. The third-order valence-electron chi connectivity index (χ3n) is 2.65. The van der Waals surface area contributed by atoms with Crippen molar-refractivity contribution >= 4 is 11.8 Å². The van der Waals surface area contributed by atoms with Gasteiger partial charge in [0.05, 0.1) is 6.54 Å². The van der Waals surface area contributed by atoms with Gasteiger partial charge in [-0.3, -0.25) is 0 Å². The normalized spacial score (nSPS) is 19.8. The van der Waals surface area contributed by atoms with Gasteiger partial charge >= 0.3 is 6.09 Å². The molecule has 0 aromatic heterocycles. The minimum Gasteiger partial charge on any atom is -0.427 e. The maximum absolute atomic E-state index is 11.1. The SMILES string of the molecule is CNC(=O)O[C@H]1CN(c2ccccc2)CC[N]1. The zero-order valence-corrected chi connectivity index (χ0v) is 9.80. The Balaban J connectivity index is 1.95. The highest BCUT2D eigenvalue weighted by Gasteiger charge is 2.23. The van der Waals surface area contributed by atoms with E-state index in [1.54, 1.807) is 7.05 Å². The monoisotopic (exact) mass is 234 g/mol. The molecule has 2 rings (SSSR count). The first kappa shape index (κ1) is 11.7. The summed E-state index contributed by atoms with van der Waals surface area (Å²) in [5, 5.41) is 6.70. The number of rotatable bonds is 2. The number of hydrogen-bond acceptors (Lipinski definition) is 3. The highest BCUT2D eigenvalue weighted by atomic mass is 16.6. The lowest BCUT2D eigenvalue weighted by Crippen LogP contribution is -2.49. The van der Waals surface area contributed by atoms with Gasteiger partial charge in [0.25, 0.3) is 0 Å². The second-order valence-electron chi connectivity index (χ2n) is 3.80. The maximum atomic E-state index is 11.1. The predicted molar refractivity (Wildman–Crippen MR) is 65.0 cm³/mol. The van der Waals surface area contributed by atoms with E-state index in [-0.39, 0.29) is 6.23 Å². The van der Waals surface area contributed by atoms with Gasteiger partial charge in [-0.05, 0) is 12.1 Å². The van der Waals surface area contributed by atoms with Gasteiger partial charge in [-0.2, -0.15) is 5.32 Å². The molecule has 1 aromatic rings. The Hall–Kier alpha value is -1.75. The molecule has 1 radical (unpaired) electrons. The van der Waals surface area contributed by atoms with Gasteiger partial charge in [0.1, 0.15) is 0 Å². The van der Waals surface area contributed by atoms with Crippen LogP contribution in [0.25, 0.3) is 0 Å². The zero-order valence-electron chi connectivity index (χ0n) is 9.80. The molecule has 1 aliphatic heterocycles. The van der Waals surface area contributed by atoms with Crippen LogP contribution in [0.15, 0.2) is 30.3 Å². The van der Waals surface area contributed by atoms with E-state index in [0.29, 0.717) is 13.1 Å². The summed E-state index contributed by atoms with van der Waals surface area (Å²) in [6.07, 6.45) is -0.822. The van der Waals surface area contributed by atoms with Crippen LogP contribution in [0, 0.1) is 0 Å². The lowest BCUT2D eigenvalue weighted by Gasteiger charge is -2.33. The number of nitrogens with zero attached hydrogens (tertiary/aromatic N) is 2. The maximum Gasteiger partial charge on any atom is 0.408 e. The lowest BCUT2D eigenvalue weighted by molar-refractivity contribution is 0.0742.